The molecule has 1 aliphatic rings. The number of rotatable bonds is 9. The smallest absolute Gasteiger partial charge is 0.254 e. The van der Waals surface area contributed by atoms with Gasteiger partial charge in [-0.05, 0) is 55.7 Å². The van der Waals surface area contributed by atoms with Gasteiger partial charge in [-0.3, -0.25) is 9.59 Å². The maximum Gasteiger partial charge on any atom is 0.254 e. The molecule has 8 nitrogen and oxygen atoms in total. The molecule has 3 heterocycles. The van der Waals surface area contributed by atoms with Crippen molar-refractivity contribution >= 4 is 57.2 Å². The molecule has 0 bridgehead atoms. The van der Waals surface area contributed by atoms with E-state index in [4.69, 9.17) is 16.6 Å². The molecule has 43 heavy (non-hydrogen) atoms. The topological polar surface area (TPSA) is 84.2 Å². The number of aromatic nitrogens is 4. The summed E-state index contributed by atoms with van der Waals surface area (Å²) in [6.45, 7) is 4.32. The number of carbonyl (C=O) groups excluding carboxylic acids is 2. The lowest BCUT2D eigenvalue weighted by atomic mass is 10.1. The highest BCUT2D eigenvalue weighted by atomic mass is 35.5. The average Bonchev–Trinajstić information content (AvgIpc) is 3.34. The Hall–Kier alpha value is -3.95. The van der Waals surface area contributed by atoms with Crippen molar-refractivity contribution in [3.8, 4) is 0 Å². The van der Waals surface area contributed by atoms with Gasteiger partial charge in [-0.15, -0.1) is 10.2 Å². The molecule has 0 aliphatic carbocycles. The van der Waals surface area contributed by atoms with Crippen LogP contribution < -0.4 is 0 Å². The second-order valence-corrected chi connectivity index (χ2v) is 12.4. The normalized spacial score (nSPS) is 15.3. The Labute approximate surface area is 260 Å². The highest BCUT2D eigenvalue weighted by Crippen LogP contribution is 2.28. The Balaban J connectivity index is 1.01. The van der Waals surface area contributed by atoms with E-state index in [-0.39, 0.29) is 17.9 Å². The van der Waals surface area contributed by atoms with E-state index in [2.05, 4.69) is 39.0 Å². The van der Waals surface area contributed by atoms with E-state index in [1.54, 1.807) is 36.0 Å². The number of hydrogen-bond donors (Lipinski definition) is 0. The lowest BCUT2D eigenvalue weighted by molar-refractivity contribution is -0.133. The van der Waals surface area contributed by atoms with Crippen molar-refractivity contribution in [2.45, 2.75) is 43.9 Å². The molecule has 1 saturated heterocycles. The van der Waals surface area contributed by atoms with E-state index in [1.165, 1.54) is 5.56 Å². The number of carbonyl (C=O) groups is 2. The number of unbranched alkanes of at least 4 members (excludes halogenated alkanes) is 1. The second-order valence-electron chi connectivity index (χ2n) is 10.9. The van der Waals surface area contributed by atoms with Gasteiger partial charge in [0.25, 0.3) is 5.91 Å². The molecule has 0 saturated carbocycles. The fraction of sp³-hybridized carbons (Fsp3) is 0.303. The second kappa shape index (κ2) is 13.1. The molecule has 1 fully saturated rings. The molecule has 10 heteroatoms. The fourth-order valence-corrected chi connectivity index (χ4v) is 6.53. The number of piperazine rings is 1. The minimum Gasteiger partial charge on any atom is -0.339 e. The molecule has 0 radical (unpaired) electrons. The van der Waals surface area contributed by atoms with Crippen LogP contribution in [0.25, 0.3) is 22.1 Å². The SMILES string of the molecule is CC1CN(C(=O)CCCCSc2nnc3c4ccccc4n(Cc4ccccc4)c3n2)CCN1C(=O)c1ccc(Cl)cc1. The molecule has 3 aromatic carbocycles. The zero-order chi connectivity index (χ0) is 29.8. The average molecular weight is 613 g/mol. The zero-order valence-corrected chi connectivity index (χ0v) is 25.6. The van der Waals surface area contributed by atoms with Crippen molar-refractivity contribution in [2.24, 2.45) is 0 Å². The molecular formula is C33H33ClN6O2S. The molecule has 0 spiro atoms. The van der Waals surface area contributed by atoms with Gasteiger partial charge >= 0.3 is 0 Å². The van der Waals surface area contributed by atoms with Crippen molar-refractivity contribution in [3.63, 3.8) is 0 Å². The highest BCUT2D eigenvalue weighted by Gasteiger charge is 2.30. The summed E-state index contributed by atoms with van der Waals surface area (Å²) in [5, 5.41) is 11.3. The number of hydrogen-bond acceptors (Lipinski definition) is 6. The van der Waals surface area contributed by atoms with Gasteiger partial charge < -0.3 is 14.4 Å². The summed E-state index contributed by atoms with van der Waals surface area (Å²) in [7, 11) is 0. The maximum absolute atomic E-state index is 12.9. The third-order valence-electron chi connectivity index (χ3n) is 7.89. The summed E-state index contributed by atoms with van der Waals surface area (Å²) in [6.07, 6.45) is 2.14. The predicted octanol–water partition coefficient (Wildman–Crippen LogP) is 6.32. The summed E-state index contributed by atoms with van der Waals surface area (Å²) in [5.41, 5.74) is 4.55. The molecule has 6 rings (SSSR count). The van der Waals surface area contributed by atoms with Gasteiger partial charge in [0.15, 0.2) is 5.65 Å². The molecule has 1 unspecified atom stereocenters. The lowest BCUT2D eigenvalue weighted by Gasteiger charge is -2.40. The Kier molecular flexibility index (Phi) is 8.90. The number of para-hydroxylation sites is 1. The van der Waals surface area contributed by atoms with Crippen LogP contribution in [0, 0.1) is 0 Å². The van der Waals surface area contributed by atoms with Gasteiger partial charge in [0.2, 0.25) is 11.1 Å². The third kappa shape index (κ3) is 6.53. The van der Waals surface area contributed by atoms with Crippen LogP contribution in [-0.2, 0) is 11.3 Å². The van der Waals surface area contributed by atoms with Crippen molar-refractivity contribution in [3.05, 3.63) is 95.0 Å². The number of amides is 2. The van der Waals surface area contributed by atoms with Crippen molar-refractivity contribution in [2.75, 3.05) is 25.4 Å². The minimum atomic E-state index is -0.0477. The molecule has 1 atom stereocenters. The van der Waals surface area contributed by atoms with E-state index in [0.29, 0.717) is 48.3 Å². The summed E-state index contributed by atoms with van der Waals surface area (Å²) >= 11 is 7.54. The lowest BCUT2D eigenvalue weighted by Crippen LogP contribution is -2.55. The van der Waals surface area contributed by atoms with Crippen LogP contribution in [0.1, 0.15) is 42.1 Å². The third-order valence-corrected chi connectivity index (χ3v) is 9.06. The van der Waals surface area contributed by atoms with Crippen molar-refractivity contribution in [1.29, 1.82) is 0 Å². The maximum atomic E-state index is 12.9. The van der Waals surface area contributed by atoms with E-state index in [0.717, 1.165) is 40.7 Å². The van der Waals surface area contributed by atoms with Gasteiger partial charge in [-0.2, -0.15) is 0 Å². The van der Waals surface area contributed by atoms with Crippen LogP contribution >= 0.6 is 23.4 Å². The van der Waals surface area contributed by atoms with Gasteiger partial charge in [0.1, 0.15) is 5.52 Å². The molecule has 5 aromatic rings. The summed E-state index contributed by atoms with van der Waals surface area (Å²) in [5.74, 6) is 0.919. The van der Waals surface area contributed by atoms with Crippen LogP contribution in [0.5, 0.6) is 0 Å². The number of nitrogens with zero attached hydrogens (tertiary/aromatic N) is 6. The first kappa shape index (κ1) is 29.1. The first-order chi connectivity index (χ1) is 21.0. The zero-order valence-electron chi connectivity index (χ0n) is 24.0. The van der Waals surface area contributed by atoms with Gasteiger partial charge in [0, 0.05) is 60.4 Å². The standard InChI is InChI=1S/C33H33ClN6O2S/c1-23-21-38(18-19-39(23)32(42)25-14-16-26(34)17-15-25)29(41)13-7-8-20-43-33-35-31-30(36-37-33)27-11-5-6-12-28(27)40(31)22-24-9-3-2-4-10-24/h2-6,9-12,14-17,23H,7-8,13,18-22H2,1H3. The predicted molar refractivity (Wildman–Crippen MR) is 171 cm³/mol. The molecular weight excluding hydrogens is 580 g/mol. The van der Waals surface area contributed by atoms with Gasteiger partial charge in [-0.1, -0.05) is 71.9 Å². The van der Waals surface area contributed by atoms with Crippen LogP contribution in [0.3, 0.4) is 0 Å². The first-order valence-corrected chi connectivity index (χ1v) is 16.0. The van der Waals surface area contributed by atoms with Crippen LogP contribution in [-0.4, -0.2) is 72.8 Å². The monoisotopic (exact) mass is 612 g/mol. The van der Waals surface area contributed by atoms with E-state index >= 15 is 0 Å². The van der Waals surface area contributed by atoms with Gasteiger partial charge in [0.05, 0.1) is 5.52 Å². The molecule has 2 amide bonds. The molecule has 0 N–H and O–H groups in total. The minimum absolute atomic E-state index is 0.0244. The first-order valence-electron chi connectivity index (χ1n) is 14.6. The molecule has 220 valence electrons. The molecule has 2 aromatic heterocycles. The van der Waals surface area contributed by atoms with E-state index in [9.17, 15) is 9.59 Å². The number of thioether (sulfide) groups is 1. The Morgan fingerprint density at radius 1 is 0.930 bits per heavy atom. The summed E-state index contributed by atoms with van der Waals surface area (Å²) in [6, 6.07) is 25.5. The summed E-state index contributed by atoms with van der Waals surface area (Å²) in [4.78, 5) is 34.5. The van der Waals surface area contributed by atoms with Crippen LogP contribution in [0.4, 0.5) is 0 Å². The number of fused-ring (bicyclic) bond motifs is 3. The Morgan fingerprint density at radius 2 is 1.70 bits per heavy atom. The Morgan fingerprint density at radius 3 is 2.49 bits per heavy atom. The van der Waals surface area contributed by atoms with Gasteiger partial charge in [-0.25, -0.2) is 4.98 Å². The largest absolute Gasteiger partial charge is 0.339 e. The molecule has 1 aliphatic heterocycles. The number of benzene rings is 3. The van der Waals surface area contributed by atoms with Crippen LogP contribution in [0.2, 0.25) is 5.02 Å². The fourth-order valence-electron chi connectivity index (χ4n) is 5.62. The van der Waals surface area contributed by atoms with Crippen molar-refractivity contribution in [1.82, 2.24) is 29.5 Å². The van der Waals surface area contributed by atoms with E-state index < -0.39 is 0 Å². The number of halogens is 1. The van der Waals surface area contributed by atoms with Crippen molar-refractivity contribution < 1.29 is 9.59 Å². The van der Waals surface area contributed by atoms with E-state index in [1.807, 2.05) is 47.1 Å². The highest BCUT2D eigenvalue weighted by molar-refractivity contribution is 7.99. The van der Waals surface area contributed by atoms with Crippen LogP contribution in [0.15, 0.2) is 84.0 Å². The summed E-state index contributed by atoms with van der Waals surface area (Å²) < 4.78 is 2.21. The quantitative estimate of drug-likeness (QED) is 0.143. The Bertz CT molecular complexity index is 1740.